The molecular formula is C21H26IN3O3. The van der Waals surface area contributed by atoms with Gasteiger partial charge >= 0.3 is 0 Å². The lowest BCUT2D eigenvalue weighted by Gasteiger charge is -2.27. The first kappa shape index (κ1) is 20.6. The van der Waals surface area contributed by atoms with Crippen molar-refractivity contribution in [2.75, 3.05) is 13.7 Å². The average Bonchev–Trinajstić information content (AvgIpc) is 3.04. The van der Waals surface area contributed by atoms with Crippen LogP contribution in [0.3, 0.4) is 0 Å². The van der Waals surface area contributed by atoms with Gasteiger partial charge in [0.05, 0.1) is 26.3 Å². The molecule has 2 aliphatic heterocycles. The molecule has 0 radical (unpaired) electrons. The second kappa shape index (κ2) is 8.89. The molecule has 0 fully saturated rings. The van der Waals surface area contributed by atoms with E-state index in [-0.39, 0.29) is 36.1 Å². The van der Waals surface area contributed by atoms with Gasteiger partial charge in [0.25, 0.3) is 0 Å². The number of benzene rings is 2. The van der Waals surface area contributed by atoms with Crippen LogP contribution in [0.5, 0.6) is 17.2 Å². The number of rotatable bonds is 4. The summed E-state index contributed by atoms with van der Waals surface area (Å²) in [6.07, 6.45) is 1.95. The molecule has 7 heteroatoms. The van der Waals surface area contributed by atoms with Crippen molar-refractivity contribution >= 4 is 29.9 Å². The zero-order valence-electron chi connectivity index (χ0n) is 16.1. The maximum atomic E-state index is 6.16. The third kappa shape index (κ3) is 4.29. The van der Waals surface area contributed by atoms with Gasteiger partial charge in [-0.15, -0.1) is 24.0 Å². The number of hydrogen-bond acceptors (Lipinski definition) is 4. The molecule has 6 nitrogen and oxygen atoms in total. The van der Waals surface area contributed by atoms with E-state index < -0.39 is 0 Å². The van der Waals surface area contributed by atoms with Crippen LogP contribution in [-0.4, -0.2) is 25.8 Å². The summed E-state index contributed by atoms with van der Waals surface area (Å²) in [6, 6.07) is 12.2. The number of fused-ring (bicyclic) bond motifs is 2. The Labute approximate surface area is 182 Å². The Morgan fingerprint density at radius 2 is 2.11 bits per heavy atom. The number of guanidine groups is 1. The molecule has 0 saturated carbocycles. The van der Waals surface area contributed by atoms with Gasteiger partial charge in [0.15, 0.2) is 5.96 Å². The molecule has 0 aliphatic carbocycles. The van der Waals surface area contributed by atoms with Crippen LogP contribution in [-0.2, 0) is 13.0 Å². The van der Waals surface area contributed by atoms with E-state index in [1.165, 1.54) is 5.56 Å². The fraction of sp³-hybridized carbons (Fsp3) is 0.381. The number of methoxy groups -OCH3 is 1. The Bertz CT molecular complexity index is 872. The van der Waals surface area contributed by atoms with E-state index >= 15 is 0 Å². The molecule has 0 bridgehead atoms. The van der Waals surface area contributed by atoms with Crippen molar-refractivity contribution in [3.8, 4) is 17.2 Å². The summed E-state index contributed by atoms with van der Waals surface area (Å²) in [4.78, 5) is 4.52. The van der Waals surface area contributed by atoms with Crippen molar-refractivity contribution in [1.29, 1.82) is 0 Å². The van der Waals surface area contributed by atoms with E-state index in [1.807, 2.05) is 30.3 Å². The molecule has 0 aromatic heterocycles. The summed E-state index contributed by atoms with van der Waals surface area (Å²) in [6.45, 7) is 3.16. The highest BCUT2D eigenvalue weighted by Gasteiger charge is 2.23. The quantitative estimate of drug-likeness (QED) is 0.386. The highest BCUT2D eigenvalue weighted by Crippen LogP contribution is 2.35. The SMILES string of the molecule is COc1cc2c(cc1CN=C(N)NC1CCOc3ccccc31)OC(C)C2.I. The van der Waals surface area contributed by atoms with Crippen molar-refractivity contribution < 1.29 is 14.2 Å². The lowest BCUT2D eigenvalue weighted by Crippen LogP contribution is -2.37. The van der Waals surface area contributed by atoms with Crippen LogP contribution >= 0.6 is 24.0 Å². The molecule has 2 aliphatic rings. The van der Waals surface area contributed by atoms with Gasteiger partial charge in [0.2, 0.25) is 0 Å². The van der Waals surface area contributed by atoms with Gasteiger partial charge in [0, 0.05) is 29.5 Å². The molecule has 2 unspecified atom stereocenters. The molecule has 3 N–H and O–H groups in total. The second-order valence-corrected chi connectivity index (χ2v) is 6.98. The Morgan fingerprint density at radius 1 is 1.29 bits per heavy atom. The molecule has 0 saturated heterocycles. The Balaban J connectivity index is 0.00000225. The fourth-order valence-corrected chi connectivity index (χ4v) is 3.68. The van der Waals surface area contributed by atoms with Crippen LogP contribution in [0.1, 0.15) is 36.1 Å². The monoisotopic (exact) mass is 495 g/mol. The highest BCUT2D eigenvalue weighted by atomic mass is 127. The minimum atomic E-state index is 0. The van der Waals surface area contributed by atoms with Crippen LogP contribution in [0, 0.1) is 0 Å². The second-order valence-electron chi connectivity index (χ2n) is 6.98. The number of ether oxygens (including phenoxy) is 3. The number of nitrogens with one attached hydrogen (secondary N) is 1. The first-order valence-corrected chi connectivity index (χ1v) is 9.28. The number of nitrogens with zero attached hydrogens (tertiary/aromatic N) is 1. The van der Waals surface area contributed by atoms with Gasteiger partial charge in [-0.05, 0) is 25.1 Å². The van der Waals surface area contributed by atoms with Crippen molar-refractivity contribution in [1.82, 2.24) is 5.32 Å². The number of hydrogen-bond donors (Lipinski definition) is 2. The topological polar surface area (TPSA) is 78.1 Å². The van der Waals surface area contributed by atoms with E-state index in [2.05, 4.69) is 23.3 Å². The average molecular weight is 495 g/mol. The van der Waals surface area contributed by atoms with Crippen LogP contribution in [0.4, 0.5) is 0 Å². The van der Waals surface area contributed by atoms with Crippen molar-refractivity contribution in [2.24, 2.45) is 10.7 Å². The molecule has 4 rings (SSSR count). The standard InChI is InChI=1S/C21H25N3O3.HI/c1-13-9-14-10-19(25-2)15(11-20(14)27-13)12-23-21(22)24-17-7-8-26-18-6-4-3-5-16(17)18;/h3-6,10-11,13,17H,7-9,12H2,1-2H3,(H3,22,23,24);1H. The van der Waals surface area contributed by atoms with Gasteiger partial charge in [-0.3, -0.25) is 0 Å². The summed E-state index contributed by atoms with van der Waals surface area (Å²) < 4.78 is 17.1. The lowest BCUT2D eigenvalue weighted by molar-refractivity contribution is 0.254. The van der Waals surface area contributed by atoms with Crippen LogP contribution < -0.4 is 25.3 Å². The summed E-state index contributed by atoms with van der Waals surface area (Å²) >= 11 is 0. The number of para-hydroxylation sites is 1. The van der Waals surface area contributed by atoms with Crippen LogP contribution in [0.15, 0.2) is 41.4 Å². The number of aliphatic imine (C=N–C) groups is 1. The van der Waals surface area contributed by atoms with Crippen LogP contribution in [0.2, 0.25) is 0 Å². The minimum absolute atomic E-state index is 0. The van der Waals surface area contributed by atoms with Crippen molar-refractivity contribution in [2.45, 2.75) is 38.5 Å². The zero-order valence-corrected chi connectivity index (χ0v) is 18.4. The van der Waals surface area contributed by atoms with Gasteiger partial charge < -0.3 is 25.3 Å². The Hall–Kier alpha value is -2.16. The van der Waals surface area contributed by atoms with Gasteiger partial charge in [-0.25, -0.2) is 4.99 Å². The van der Waals surface area contributed by atoms with Gasteiger partial charge in [0.1, 0.15) is 23.4 Å². The summed E-state index contributed by atoms with van der Waals surface area (Å²) in [5.41, 5.74) is 9.41. The summed E-state index contributed by atoms with van der Waals surface area (Å²) in [5.74, 6) is 3.05. The van der Waals surface area contributed by atoms with Crippen molar-refractivity contribution in [3.63, 3.8) is 0 Å². The summed E-state index contributed by atoms with van der Waals surface area (Å²) in [5, 5.41) is 3.32. The Morgan fingerprint density at radius 3 is 2.93 bits per heavy atom. The van der Waals surface area contributed by atoms with Gasteiger partial charge in [-0.1, -0.05) is 18.2 Å². The van der Waals surface area contributed by atoms with Crippen molar-refractivity contribution in [3.05, 3.63) is 53.1 Å². The van der Waals surface area contributed by atoms with Crippen LogP contribution in [0.25, 0.3) is 0 Å². The molecule has 2 aromatic carbocycles. The van der Waals surface area contributed by atoms with E-state index in [4.69, 9.17) is 19.9 Å². The lowest BCUT2D eigenvalue weighted by atomic mass is 10.0. The maximum absolute atomic E-state index is 6.16. The molecule has 28 heavy (non-hydrogen) atoms. The zero-order chi connectivity index (χ0) is 18.8. The maximum Gasteiger partial charge on any atom is 0.189 e. The molecule has 2 heterocycles. The smallest absolute Gasteiger partial charge is 0.189 e. The predicted molar refractivity (Wildman–Crippen MR) is 120 cm³/mol. The highest BCUT2D eigenvalue weighted by molar-refractivity contribution is 14.0. The molecule has 2 aromatic rings. The molecule has 2 atom stereocenters. The first-order valence-electron chi connectivity index (χ1n) is 9.28. The molecule has 0 amide bonds. The molecule has 0 spiro atoms. The predicted octanol–water partition coefficient (Wildman–Crippen LogP) is 3.56. The van der Waals surface area contributed by atoms with E-state index in [0.717, 1.165) is 41.2 Å². The van der Waals surface area contributed by atoms with E-state index in [9.17, 15) is 0 Å². The van der Waals surface area contributed by atoms with E-state index in [1.54, 1.807) is 7.11 Å². The Kier molecular flexibility index (Phi) is 6.53. The van der Waals surface area contributed by atoms with E-state index in [0.29, 0.717) is 19.1 Å². The third-order valence-corrected chi connectivity index (χ3v) is 5.00. The molecule has 150 valence electrons. The third-order valence-electron chi connectivity index (χ3n) is 5.00. The first-order chi connectivity index (χ1) is 13.1. The number of halogens is 1. The normalized spacial score (nSPS) is 20.1. The van der Waals surface area contributed by atoms with Gasteiger partial charge in [-0.2, -0.15) is 0 Å². The number of nitrogens with two attached hydrogens (primary N) is 1. The minimum Gasteiger partial charge on any atom is -0.496 e. The summed E-state index contributed by atoms with van der Waals surface area (Å²) in [7, 11) is 1.68. The molecular weight excluding hydrogens is 469 g/mol. The largest absolute Gasteiger partial charge is 0.496 e. The fourth-order valence-electron chi connectivity index (χ4n) is 3.68.